The molecule has 0 aromatic rings. The summed E-state index contributed by atoms with van der Waals surface area (Å²) in [5, 5.41) is 0. The predicted molar refractivity (Wildman–Crippen MR) is 92.3 cm³/mol. The van der Waals surface area contributed by atoms with Crippen molar-refractivity contribution in [3.05, 3.63) is 0 Å². The Kier molecular flexibility index (Phi) is 14.9. The van der Waals surface area contributed by atoms with Crippen LogP contribution in [-0.2, 0) is 19.1 Å². The number of carbonyl (C=O) groups is 3. The molecule has 0 radical (unpaired) electrons. The van der Waals surface area contributed by atoms with Crippen LogP contribution in [0.2, 0.25) is 0 Å². The fourth-order valence-corrected chi connectivity index (χ4v) is 2.50. The van der Waals surface area contributed by atoms with Crippen molar-refractivity contribution < 1.29 is 19.1 Å². The average molecular weight is 326 g/mol. The van der Waals surface area contributed by atoms with Gasteiger partial charge in [0, 0.05) is 32.1 Å². The molecule has 0 fully saturated rings. The van der Waals surface area contributed by atoms with E-state index in [2.05, 4.69) is 11.7 Å². The summed E-state index contributed by atoms with van der Waals surface area (Å²) in [6.45, 7) is 2.18. The zero-order valence-corrected chi connectivity index (χ0v) is 15.0. The smallest absolute Gasteiger partial charge is 0.305 e. The second-order valence-corrected chi connectivity index (χ2v) is 6.23. The first-order valence-electron chi connectivity index (χ1n) is 9.20. The highest BCUT2D eigenvalue weighted by atomic mass is 16.5. The van der Waals surface area contributed by atoms with Crippen molar-refractivity contribution in [3.63, 3.8) is 0 Å². The Morgan fingerprint density at radius 3 is 1.48 bits per heavy atom. The molecule has 0 saturated carbocycles. The molecule has 0 heterocycles. The fourth-order valence-electron chi connectivity index (χ4n) is 2.50. The van der Waals surface area contributed by atoms with Crippen LogP contribution in [0.15, 0.2) is 0 Å². The van der Waals surface area contributed by atoms with E-state index in [1.54, 1.807) is 0 Å². The number of hydrogen-bond acceptors (Lipinski definition) is 4. The van der Waals surface area contributed by atoms with Gasteiger partial charge in [0.25, 0.3) is 0 Å². The Bertz CT molecular complexity index is 336. The number of methoxy groups -OCH3 is 1. The van der Waals surface area contributed by atoms with Gasteiger partial charge in [0.2, 0.25) is 0 Å². The number of ketones is 2. The Morgan fingerprint density at radius 2 is 1.04 bits per heavy atom. The zero-order chi connectivity index (χ0) is 17.3. The lowest BCUT2D eigenvalue weighted by Crippen LogP contribution is -2.04. The normalized spacial score (nSPS) is 10.5. The Morgan fingerprint density at radius 1 is 0.609 bits per heavy atom. The van der Waals surface area contributed by atoms with Crippen LogP contribution in [0.25, 0.3) is 0 Å². The molecule has 23 heavy (non-hydrogen) atoms. The Balaban J connectivity index is 3.42. The number of unbranched alkanes of at least 4 members (excludes halogenated alkanes) is 7. The summed E-state index contributed by atoms with van der Waals surface area (Å²) in [5.74, 6) is 0.250. The number of hydrogen-bond donors (Lipinski definition) is 0. The molecule has 0 spiro atoms. The average Bonchev–Trinajstić information content (AvgIpc) is 2.55. The summed E-state index contributed by atoms with van der Waals surface area (Å²) in [4.78, 5) is 34.3. The van der Waals surface area contributed by atoms with Gasteiger partial charge in [-0.2, -0.15) is 0 Å². The van der Waals surface area contributed by atoms with Crippen LogP contribution in [0.4, 0.5) is 0 Å². The first kappa shape index (κ1) is 21.8. The maximum Gasteiger partial charge on any atom is 0.305 e. The van der Waals surface area contributed by atoms with Gasteiger partial charge < -0.3 is 4.74 Å². The topological polar surface area (TPSA) is 60.4 Å². The number of Topliss-reactive ketones (excluding diaryl/α,β-unsaturated/α-hetero) is 2. The summed E-state index contributed by atoms with van der Waals surface area (Å²) in [7, 11) is 1.40. The second kappa shape index (κ2) is 15.7. The first-order chi connectivity index (χ1) is 11.1. The molecule has 0 unspecified atom stereocenters. The fraction of sp³-hybridized carbons (Fsp3) is 0.842. The highest BCUT2D eigenvalue weighted by Gasteiger charge is 2.07. The van der Waals surface area contributed by atoms with Crippen LogP contribution in [0.1, 0.15) is 96.8 Å². The molecule has 0 bridgehead atoms. The van der Waals surface area contributed by atoms with Crippen LogP contribution < -0.4 is 0 Å². The molecule has 0 aromatic carbocycles. The lowest BCUT2D eigenvalue weighted by atomic mass is 10.0. The van der Waals surface area contributed by atoms with Gasteiger partial charge in [-0.15, -0.1) is 0 Å². The van der Waals surface area contributed by atoms with E-state index in [9.17, 15) is 14.4 Å². The molecule has 0 saturated heterocycles. The highest BCUT2D eigenvalue weighted by molar-refractivity contribution is 5.85. The van der Waals surface area contributed by atoms with Crippen molar-refractivity contribution in [2.75, 3.05) is 7.11 Å². The minimum Gasteiger partial charge on any atom is -0.469 e. The lowest BCUT2D eigenvalue weighted by molar-refractivity contribution is -0.140. The van der Waals surface area contributed by atoms with Crippen LogP contribution in [-0.4, -0.2) is 24.6 Å². The van der Waals surface area contributed by atoms with E-state index in [0.29, 0.717) is 32.1 Å². The third-order valence-corrected chi connectivity index (χ3v) is 4.06. The third-order valence-electron chi connectivity index (χ3n) is 4.06. The van der Waals surface area contributed by atoms with Crippen molar-refractivity contribution in [2.24, 2.45) is 0 Å². The van der Waals surface area contributed by atoms with Gasteiger partial charge in [-0.1, -0.05) is 45.4 Å². The van der Waals surface area contributed by atoms with E-state index >= 15 is 0 Å². The van der Waals surface area contributed by atoms with E-state index in [4.69, 9.17) is 0 Å². The summed E-state index contributed by atoms with van der Waals surface area (Å²) in [6, 6.07) is 0. The largest absolute Gasteiger partial charge is 0.469 e. The first-order valence-corrected chi connectivity index (χ1v) is 9.20. The molecule has 0 atom stereocenters. The minimum absolute atomic E-state index is 0.172. The molecule has 0 aliphatic heterocycles. The molecule has 0 rings (SSSR count). The molecule has 0 amide bonds. The van der Waals surface area contributed by atoms with Crippen molar-refractivity contribution >= 4 is 17.5 Å². The molecule has 0 aliphatic carbocycles. The van der Waals surface area contributed by atoms with Crippen molar-refractivity contribution in [1.82, 2.24) is 0 Å². The molecule has 0 aliphatic rings. The van der Waals surface area contributed by atoms with Gasteiger partial charge in [0.15, 0.2) is 0 Å². The summed E-state index contributed by atoms with van der Waals surface area (Å²) in [5.41, 5.74) is 0. The molecular formula is C19H34O4. The molecule has 0 aromatic heterocycles. The van der Waals surface area contributed by atoms with E-state index in [0.717, 1.165) is 38.5 Å². The van der Waals surface area contributed by atoms with Crippen LogP contribution >= 0.6 is 0 Å². The third kappa shape index (κ3) is 15.5. The van der Waals surface area contributed by atoms with Gasteiger partial charge in [-0.05, 0) is 19.3 Å². The predicted octanol–water partition coefficient (Wildman–Crippen LogP) is 4.78. The molecule has 134 valence electrons. The molecule has 0 N–H and O–H groups in total. The van der Waals surface area contributed by atoms with Crippen LogP contribution in [0.5, 0.6) is 0 Å². The number of ether oxygens (including phenoxy) is 1. The SMILES string of the molecule is CCCCCCCC(=O)CCC(=O)CCCCCCC(=O)OC. The zero-order valence-electron chi connectivity index (χ0n) is 15.0. The molecule has 4 heteroatoms. The van der Waals surface area contributed by atoms with Crippen LogP contribution in [0, 0.1) is 0 Å². The van der Waals surface area contributed by atoms with E-state index < -0.39 is 0 Å². The maximum atomic E-state index is 11.7. The van der Waals surface area contributed by atoms with Gasteiger partial charge in [-0.25, -0.2) is 0 Å². The lowest BCUT2D eigenvalue weighted by Gasteiger charge is -2.03. The summed E-state index contributed by atoms with van der Waals surface area (Å²) in [6.07, 6.45) is 11.8. The van der Waals surface area contributed by atoms with E-state index in [1.807, 2.05) is 0 Å². The van der Waals surface area contributed by atoms with Crippen molar-refractivity contribution in [1.29, 1.82) is 0 Å². The summed E-state index contributed by atoms with van der Waals surface area (Å²) >= 11 is 0. The van der Waals surface area contributed by atoms with Crippen molar-refractivity contribution in [3.8, 4) is 0 Å². The van der Waals surface area contributed by atoms with Gasteiger partial charge in [0.1, 0.15) is 11.6 Å². The summed E-state index contributed by atoms with van der Waals surface area (Å²) < 4.78 is 4.57. The van der Waals surface area contributed by atoms with Gasteiger partial charge in [-0.3, -0.25) is 14.4 Å². The van der Waals surface area contributed by atoms with Crippen molar-refractivity contribution in [2.45, 2.75) is 96.8 Å². The van der Waals surface area contributed by atoms with Gasteiger partial charge in [0.05, 0.1) is 7.11 Å². The number of esters is 1. The van der Waals surface area contributed by atoms with E-state index in [-0.39, 0.29) is 17.5 Å². The standard InChI is InChI=1S/C19H34O4/c1-3-4-5-6-9-12-17(20)15-16-18(21)13-10-7-8-11-14-19(22)23-2/h3-16H2,1-2H3. The Labute approximate surface area is 141 Å². The number of carbonyl (C=O) groups excluding carboxylic acids is 3. The minimum atomic E-state index is -0.172. The molecule has 4 nitrogen and oxygen atoms in total. The molecular weight excluding hydrogens is 292 g/mol. The second-order valence-electron chi connectivity index (χ2n) is 6.23. The highest BCUT2D eigenvalue weighted by Crippen LogP contribution is 2.10. The Hall–Kier alpha value is -1.19. The monoisotopic (exact) mass is 326 g/mol. The van der Waals surface area contributed by atoms with Crippen LogP contribution in [0.3, 0.4) is 0 Å². The quantitative estimate of drug-likeness (QED) is 0.302. The number of rotatable bonds is 16. The maximum absolute atomic E-state index is 11.7. The van der Waals surface area contributed by atoms with Gasteiger partial charge >= 0.3 is 5.97 Å². The van der Waals surface area contributed by atoms with E-state index in [1.165, 1.54) is 26.4 Å².